The highest BCUT2D eigenvalue weighted by molar-refractivity contribution is 5.91. The molecule has 0 bridgehead atoms. The molecule has 4 heteroatoms. The number of hydrogen-bond donors (Lipinski definition) is 1. The average Bonchev–Trinajstić information content (AvgIpc) is 2.73. The van der Waals surface area contributed by atoms with Crippen LogP contribution in [0.4, 0.5) is 0 Å². The number of rotatable bonds is 9. The second kappa shape index (κ2) is 9.60. The van der Waals surface area contributed by atoms with Gasteiger partial charge in [-0.2, -0.15) is 0 Å². The maximum atomic E-state index is 11.4. The second-order valence-electron chi connectivity index (χ2n) is 6.54. The molecule has 0 aliphatic carbocycles. The van der Waals surface area contributed by atoms with Crippen molar-refractivity contribution in [1.82, 2.24) is 0 Å². The van der Waals surface area contributed by atoms with Gasteiger partial charge in [-0.3, -0.25) is 0 Å². The summed E-state index contributed by atoms with van der Waals surface area (Å²) in [6.07, 6.45) is 2.44. The maximum absolute atomic E-state index is 11.4. The van der Waals surface area contributed by atoms with Crippen LogP contribution in [0.15, 0.2) is 72.8 Å². The molecule has 0 unspecified atom stereocenters. The summed E-state index contributed by atoms with van der Waals surface area (Å²) >= 11 is 0. The van der Waals surface area contributed by atoms with E-state index in [0.29, 0.717) is 12.4 Å². The van der Waals surface area contributed by atoms with E-state index in [4.69, 9.17) is 9.47 Å². The Morgan fingerprint density at radius 1 is 0.857 bits per heavy atom. The van der Waals surface area contributed by atoms with Gasteiger partial charge >= 0.3 is 5.97 Å². The van der Waals surface area contributed by atoms with Crippen LogP contribution < -0.4 is 9.47 Å². The fraction of sp³-hybridized carbons (Fsp3) is 0.208. The zero-order valence-corrected chi connectivity index (χ0v) is 15.9. The van der Waals surface area contributed by atoms with Crippen LogP contribution in [0.2, 0.25) is 0 Å². The minimum Gasteiger partial charge on any atom is -0.496 e. The van der Waals surface area contributed by atoms with E-state index < -0.39 is 5.97 Å². The highest BCUT2D eigenvalue weighted by Gasteiger charge is 2.14. The van der Waals surface area contributed by atoms with Crippen molar-refractivity contribution in [1.29, 1.82) is 0 Å². The number of carboxylic acid groups (broad SMARTS) is 1. The summed E-state index contributed by atoms with van der Waals surface area (Å²) < 4.78 is 11.4. The minimum atomic E-state index is -0.974. The molecule has 3 aromatic carbocycles. The zero-order valence-electron chi connectivity index (χ0n) is 15.9. The number of aryl methyl sites for hydroxylation is 2. The Balaban J connectivity index is 1.64. The lowest BCUT2D eigenvalue weighted by atomic mass is 10.0. The lowest BCUT2D eigenvalue weighted by Crippen LogP contribution is -2.04. The molecule has 144 valence electrons. The lowest BCUT2D eigenvalue weighted by Gasteiger charge is -2.13. The van der Waals surface area contributed by atoms with Crippen LogP contribution in [0.25, 0.3) is 0 Å². The fourth-order valence-electron chi connectivity index (χ4n) is 3.25. The molecule has 0 fully saturated rings. The van der Waals surface area contributed by atoms with E-state index in [2.05, 4.69) is 6.07 Å². The first kappa shape index (κ1) is 19.5. The van der Waals surface area contributed by atoms with Crippen molar-refractivity contribution in [2.45, 2.75) is 25.9 Å². The molecule has 0 atom stereocenters. The molecule has 0 radical (unpaired) electrons. The summed E-state index contributed by atoms with van der Waals surface area (Å²) in [4.78, 5) is 11.4. The summed E-state index contributed by atoms with van der Waals surface area (Å²) in [5, 5.41) is 9.32. The number of hydrogen-bond acceptors (Lipinski definition) is 3. The van der Waals surface area contributed by atoms with Crippen molar-refractivity contribution in [2.24, 2.45) is 0 Å². The molecule has 0 heterocycles. The first-order chi connectivity index (χ1) is 13.7. The number of para-hydroxylation sites is 2. The standard InChI is InChI=1S/C24H24O4/c1-27-23-20(14-8-15-21(23)24(25)26)13-7-12-19-11-5-6-16-22(19)28-17-18-9-3-2-4-10-18/h2-6,8-11,14-16H,7,12-13,17H2,1H3,(H,25,26). The zero-order chi connectivity index (χ0) is 19.8. The number of benzene rings is 3. The van der Waals surface area contributed by atoms with Crippen molar-refractivity contribution >= 4 is 5.97 Å². The van der Waals surface area contributed by atoms with E-state index in [1.807, 2.05) is 54.6 Å². The Hall–Kier alpha value is -3.27. The topological polar surface area (TPSA) is 55.8 Å². The predicted octanol–water partition coefficient (Wildman–Crippen LogP) is 5.15. The highest BCUT2D eigenvalue weighted by Crippen LogP contribution is 2.27. The smallest absolute Gasteiger partial charge is 0.339 e. The van der Waals surface area contributed by atoms with E-state index >= 15 is 0 Å². The van der Waals surface area contributed by atoms with Gasteiger partial charge in [-0.25, -0.2) is 4.79 Å². The van der Waals surface area contributed by atoms with Crippen molar-refractivity contribution in [3.05, 3.63) is 95.1 Å². The molecule has 3 rings (SSSR count). The van der Waals surface area contributed by atoms with E-state index in [9.17, 15) is 9.90 Å². The van der Waals surface area contributed by atoms with Crippen molar-refractivity contribution in [2.75, 3.05) is 7.11 Å². The van der Waals surface area contributed by atoms with Gasteiger partial charge in [-0.15, -0.1) is 0 Å². The molecule has 4 nitrogen and oxygen atoms in total. The van der Waals surface area contributed by atoms with Gasteiger partial charge in [0, 0.05) is 0 Å². The molecule has 0 spiro atoms. The monoisotopic (exact) mass is 376 g/mol. The summed E-state index contributed by atoms with van der Waals surface area (Å²) in [5.74, 6) is 0.361. The van der Waals surface area contributed by atoms with Crippen molar-refractivity contribution in [3.8, 4) is 11.5 Å². The van der Waals surface area contributed by atoms with Gasteiger partial charge in [-0.05, 0) is 48.1 Å². The molecule has 0 saturated heterocycles. The summed E-state index contributed by atoms with van der Waals surface area (Å²) in [7, 11) is 1.51. The van der Waals surface area contributed by atoms with Crippen LogP contribution in [0.3, 0.4) is 0 Å². The average molecular weight is 376 g/mol. The number of carbonyl (C=O) groups is 1. The van der Waals surface area contributed by atoms with Gasteiger partial charge in [0.1, 0.15) is 23.7 Å². The molecule has 0 aliphatic rings. The van der Waals surface area contributed by atoms with Crippen LogP contribution in [0.1, 0.15) is 33.5 Å². The third-order valence-corrected chi connectivity index (χ3v) is 4.63. The number of ether oxygens (including phenoxy) is 2. The van der Waals surface area contributed by atoms with Crippen molar-refractivity contribution in [3.63, 3.8) is 0 Å². The molecule has 0 aromatic heterocycles. The normalized spacial score (nSPS) is 10.5. The first-order valence-electron chi connectivity index (χ1n) is 9.33. The summed E-state index contributed by atoms with van der Waals surface area (Å²) in [5.41, 5.74) is 3.39. The van der Waals surface area contributed by atoms with E-state index in [1.54, 1.807) is 12.1 Å². The molecule has 0 amide bonds. The van der Waals surface area contributed by atoms with E-state index in [-0.39, 0.29) is 5.56 Å². The molecule has 1 N–H and O–H groups in total. The Kier molecular flexibility index (Phi) is 6.68. The second-order valence-corrected chi connectivity index (χ2v) is 6.54. The number of methoxy groups -OCH3 is 1. The minimum absolute atomic E-state index is 0.201. The SMILES string of the molecule is COc1c(CCCc2ccccc2OCc2ccccc2)cccc1C(=O)O. The van der Waals surface area contributed by atoms with Crippen molar-refractivity contribution < 1.29 is 19.4 Å². The van der Waals surface area contributed by atoms with Gasteiger partial charge in [-0.1, -0.05) is 60.7 Å². The molecular weight excluding hydrogens is 352 g/mol. The van der Waals surface area contributed by atoms with Gasteiger partial charge < -0.3 is 14.6 Å². The molecule has 0 saturated carbocycles. The first-order valence-corrected chi connectivity index (χ1v) is 9.33. The van der Waals surface area contributed by atoms with Gasteiger partial charge in [0.05, 0.1) is 7.11 Å². The lowest BCUT2D eigenvalue weighted by molar-refractivity contribution is 0.0693. The number of aromatic carboxylic acids is 1. The van der Waals surface area contributed by atoms with Gasteiger partial charge in [0.15, 0.2) is 0 Å². The van der Waals surface area contributed by atoms with Crippen LogP contribution >= 0.6 is 0 Å². The van der Waals surface area contributed by atoms with E-state index in [1.165, 1.54) is 7.11 Å². The quantitative estimate of drug-likeness (QED) is 0.561. The molecule has 0 aliphatic heterocycles. The van der Waals surface area contributed by atoms with Crippen LogP contribution in [0, 0.1) is 0 Å². The maximum Gasteiger partial charge on any atom is 0.339 e. The van der Waals surface area contributed by atoms with Crippen LogP contribution in [-0.4, -0.2) is 18.2 Å². The van der Waals surface area contributed by atoms with Gasteiger partial charge in [0.25, 0.3) is 0 Å². The van der Waals surface area contributed by atoms with Crippen LogP contribution in [-0.2, 0) is 19.4 Å². The number of carboxylic acids is 1. The molecule has 28 heavy (non-hydrogen) atoms. The predicted molar refractivity (Wildman–Crippen MR) is 109 cm³/mol. The van der Waals surface area contributed by atoms with Crippen LogP contribution in [0.5, 0.6) is 11.5 Å². The fourth-order valence-corrected chi connectivity index (χ4v) is 3.25. The largest absolute Gasteiger partial charge is 0.496 e. The Bertz CT molecular complexity index is 919. The molecule has 3 aromatic rings. The molecular formula is C24H24O4. The summed E-state index contributed by atoms with van der Waals surface area (Å²) in [6, 6.07) is 23.4. The Morgan fingerprint density at radius 2 is 1.54 bits per heavy atom. The van der Waals surface area contributed by atoms with E-state index in [0.717, 1.165) is 41.7 Å². The third-order valence-electron chi connectivity index (χ3n) is 4.63. The third kappa shape index (κ3) is 4.92. The summed E-state index contributed by atoms with van der Waals surface area (Å²) in [6.45, 7) is 0.534. The Labute approximate surface area is 165 Å². The Morgan fingerprint density at radius 3 is 2.29 bits per heavy atom. The highest BCUT2D eigenvalue weighted by atomic mass is 16.5. The van der Waals surface area contributed by atoms with Gasteiger partial charge in [0.2, 0.25) is 0 Å².